The second kappa shape index (κ2) is 7.90. The van der Waals surface area contributed by atoms with Crippen LogP contribution in [0.2, 0.25) is 0 Å². The number of carbonyl (C=O) groups is 2. The van der Waals surface area contributed by atoms with Gasteiger partial charge in [0.25, 0.3) is 0 Å². The molecule has 5 nitrogen and oxygen atoms in total. The monoisotopic (exact) mass is 391 g/mol. The molecule has 2 amide bonds. The number of amides is 2. The van der Waals surface area contributed by atoms with E-state index in [1.807, 2.05) is 48.5 Å². The van der Waals surface area contributed by atoms with Crippen molar-refractivity contribution in [2.75, 3.05) is 34.8 Å². The number of anilines is 3. The van der Waals surface area contributed by atoms with Crippen LogP contribution in [-0.2, 0) is 16.0 Å². The molecule has 4 rings (SSSR count). The zero-order valence-corrected chi connectivity index (χ0v) is 17.3. The standard InChI is InChI=1S/C24H29N3O2/c1-24(2,23(29)27-17-14-18-8-4-5-9-21(18)27)22(28)25-19-10-12-20(13-11-19)26-15-6-3-7-16-26/h4-5,8-13H,3,6-7,14-17H2,1-2H3,(H,25,28). The van der Waals surface area contributed by atoms with Gasteiger partial charge in [-0.05, 0) is 75.4 Å². The van der Waals surface area contributed by atoms with Crippen LogP contribution in [0.3, 0.4) is 0 Å². The van der Waals surface area contributed by atoms with Crippen LogP contribution < -0.4 is 15.1 Å². The van der Waals surface area contributed by atoms with Gasteiger partial charge in [-0.15, -0.1) is 0 Å². The molecule has 1 fully saturated rings. The summed E-state index contributed by atoms with van der Waals surface area (Å²) in [5.41, 5.74) is 2.84. The molecule has 5 heteroatoms. The molecule has 0 unspecified atom stereocenters. The summed E-state index contributed by atoms with van der Waals surface area (Å²) < 4.78 is 0. The minimum absolute atomic E-state index is 0.162. The van der Waals surface area contributed by atoms with Gasteiger partial charge in [-0.3, -0.25) is 9.59 Å². The van der Waals surface area contributed by atoms with E-state index >= 15 is 0 Å². The van der Waals surface area contributed by atoms with Crippen molar-refractivity contribution in [3.63, 3.8) is 0 Å². The Morgan fingerprint density at radius 1 is 0.897 bits per heavy atom. The lowest BCUT2D eigenvalue weighted by Gasteiger charge is -2.29. The summed E-state index contributed by atoms with van der Waals surface area (Å²) in [6.45, 7) is 6.20. The smallest absolute Gasteiger partial charge is 0.242 e. The summed E-state index contributed by atoms with van der Waals surface area (Å²) in [6, 6.07) is 15.9. The van der Waals surface area contributed by atoms with Gasteiger partial charge in [-0.2, -0.15) is 0 Å². The molecular formula is C24H29N3O2. The third kappa shape index (κ3) is 3.86. The van der Waals surface area contributed by atoms with Crippen molar-refractivity contribution in [1.82, 2.24) is 0 Å². The predicted octanol–water partition coefficient (Wildman–Crippen LogP) is 4.23. The van der Waals surface area contributed by atoms with Crippen LogP contribution in [0, 0.1) is 5.41 Å². The SMILES string of the molecule is CC(C)(C(=O)Nc1ccc(N2CCCCC2)cc1)C(=O)N1CCc2ccccc21. The first kappa shape index (κ1) is 19.5. The Morgan fingerprint density at radius 2 is 1.59 bits per heavy atom. The number of hydrogen-bond donors (Lipinski definition) is 1. The molecule has 0 aliphatic carbocycles. The molecule has 0 bridgehead atoms. The van der Waals surface area contributed by atoms with E-state index in [2.05, 4.69) is 10.2 Å². The van der Waals surface area contributed by atoms with Crippen molar-refractivity contribution < 1.29 is 9.59 Å². The Bertz CT molecular complexity index is 899. The topological polar surface area (TPSA) is 52.7 Å². The first-order chi connectivity index (χ1) is 14.0. The van der Waals surface area contributed by atoms with E-state index in [0.717, 1.165) is 36.4 Å². The third-order valence-electron chi connectivity index (χ3n) is 6.08. The summed E-state index contributed by atoms with van der Waals surface area (Å²) in [7, 11) is 0. The maximum atomic E-state index is 13.2. The number of fused-ring (bicyclic) bond motifs is 1. The Balaban J connectivity index is 1.44. The van der Waals surface area contributed by atoms with E-state index in [4.69, 9.17) is 0 Å². The normalized spacial score (nSPS) is 16.5. The van der Waals surface area contributed by atoms with Crippen molar-refractivity contribution in [2.24, 2.45) is 5.41 Å². The van der Waals surface area contributed by atoms with Crippen LogP contribution in [0.4, 0.5) is 17.1 Å². The van der Waals surface area contributed by atoms with E-state index in [9.17, 15) is 9.59 Å². The number of piperidine rings is 1. The van der Waals surface area contributed by atoms with Crippen LogP contribution in [0.15, 0.2) is 48.5 Å². The van der Waals surface area contributed by atoms with Crippen molar-refractivity contribution in [2.45, 2.75) is 39.5 Å². The van der Waals surface area contributed by atoms with Crippen LogP contribution in [0.25, 0.3) is 0 Å². The largest absolute Gasteiger partial charge is 0.372 e. The number of carbonyl (C=O) groups excluding carboxylic acids is 2. The average Bonchev–Trinajstić information content (AvgIpc) is 3.18. The van der Waals surface area contributed by atoms with Crippen molar-refractivity contribution in [3.05, 3.63) is 54.1 Å². The number of rotatable bonds is 4. The first-order valence-electron chi connectivity index (χ1n) is 10.5. The van der Waals surface area contributed by atoms with Crippen LogP contribution in [0.1, 0.15) is 38.7 Å². The molecule has 0 atom stereocenters. The first-order valence-corrected chi connectivity index (χ1v) is 10.5. The lowest BCUT2D eigenvalue weighted by atomic mass is 9.90. The summed E-state index contributed by atoms with van der Waals surface area (Å²) in [6.07, 6.45) is 4.59. The summed E-state index contributed by atoms with van der Waals surface area (Å²) in [5, 5.41) is 2.94. The van der Waals surface area contributed by atoms with E-state index in [0.29, 0.717) is 6.54 Å². The van der Waals surface area contributed by atoms with E-state index in [1.165, 1.54) is 24.9 Å². The fourth-order valence-electron chi connectivity index (χ4n) is 4.18. The fraction of sp³-hybridized carbons (Fsp3) is 0.417. The minimum atomic E-state index is -1.15. The maximum Gasteiger partial charge on any atom is 0.242 e. The molecule has 1 saturated heterocycles. The molecule has 0 radical (unpaired) electrons. The summed E-state index contributed by atoms with van der Waals surface area (Å²) in [5.74, 6) is -0.442. The molecule has 2 heterocycles. The Labute approximate surface area is 172 Å². The van der Waals surface area contributed by atoms with Gasteiger partial charge in [-0.1, -0.05) is 18.2 Å². The van der Waals surface area contributed by atoms with Gasteiger partial charge in [0, 0.05) is 36.7 Å². The van der Waals surface area contributed by atoms with Crippen LogP contribution in [0.5, 0.6) is 0 Å². The zero-order valence-electron chi connectivity index (χ0n) is 17.3. The number of nitrogens with zero attached hydrogens (tertiary/aromatic N) is 2. The quantitative estimate of drug-likeness (QED) is 0.794. The van der Waals surface area contributed by atoms with Crippen molar-refractivity contribution in [1.29, 1.82) is 0 Å². The van der Waals surface area contributed by atoms with Gasteiger partial charge < -0.3 is 15.1 Å². The highest BCUT2D eigenvalue weighted by atomic mass is 16.2. The molecule has 2 aliphatic rings. The van der Waals surface area contributed by atoms with E-state index in [1.54, 1.807) is 18.7 Å². The highest BCUT2D eigenvalue weighted by Crippen LogP contribution is 2.32. The molecule has 0 spiro atoms. The van der Waals surface area contributed by atoms with Gasteiger partial charge in [0.05, 0.1) is 0 Å². The highest BCUT2D eigenvalue weighted by molar-refractivity contribution is 6.15. The van der Waals surface area contributed by atoms with Crippen molar-refractivity contribution in [3.8, 4) is 0 Å². The highest BCUT2D eigenvalue weighted by Gasteiger charge is 2.41. The fourth-order valence-corrected chi connectivity index (χ4v) is 4.18. The number of nitrogens with one attached hydrogen (secondary N) is 1. The molecule has 0 saturated carbocycles. The minimum Gasteiger partial charge on any atom is -0.372 e. The van der Waals surface area contributed by atoms with Gasteiger partial charge in [0.15, 0.2) is 0 Å². The predicted molar refractivity (Wildman–Crippen MR) is 117 cm³/mol. The molecule has 1 N–H and O–H groups in total. The maximum absolute atomic E-state index is 13.2. The Morgan fingerprint density at radius 3 is 2.31 bits per heavy atom. The molecule has 152 valence electrons. The van der Waals surface area contributed by atoms with Gasteiger partial charge in [-0.25, -0.2) is 0 Å². The Hall–Kier alpha value is -2.82. The molecular weight excluding hydrogens is 362 g/mol. The third-order valence-corrected chi connectivity index (χ3v) is 6.08. The number of para-hydroxylation sites is 1. The molecule has 2 aromatic carbocycles. The second-order valence-corrected chi connectivity index (χ2v) is 8.51. The molecule has 2 aromatic rings. The Kier molecular flexibility index (Phi) is 5.31. The van der Waals surface area contributed by atoms with Gasteiger partial charge >= 0.3 is 0 Å². The second-order valence-electron chi connectivity index (χ2n) is 8.51. The summed E-state index contributed by atoms with van der Waals surface area (Å²) >= 11 is 0. The molecule has 2 aliphatic heterocycles. The number of benzene rings is 2. The molecule has 29 heavy (non-hydrogen) atoms. The number of hydrogen-bond acceptors (Lipinski definition) is 3. The van der Waals surface area contributed by atoms with E-state index < -0.39 is 5.41 Å². The average molecular weight is 392 g/mol. The lowest BCUT2D eigenvalue weighted by Crippen LogP contribution is -2.47. The summed E-state index contributed by atoms with van der Waals surface area (Å²) in [4.78, 5) is 30.3. The van der Waals surface area contributed by atoms with Crippen LogP contribution in [-0.4, -0.2) is 31.4 Å². The lowest BCUT2D eigenvalue weighted by molar-refractivity contribution is -0.136. The van der Waals surface area contributed by atoms with Crippen LogP contribution >= 0.6 is 0 Å². The van der Waals surface area contributed by atoms with Crippen molar-refractivity contribution >= 4 is 28.9 Å². The molecule has 0 aromatic heterocycles. The van der Waals surface area contributed by atoms with E-state index in [-0.39, 0.29) is 11.8 Å². The zero-order chi connectivity index (χ0) is 20.4. The van der Waals surface area contributed by atoms with Gasteiger partial charge in [0.2, 0.25) is 11.8 Å². The van der Waals surface area contributed by atoms with Gasteiger partial charge in [0.1, 0.15) is 5.41 Å².